The molecule has 0 unspecified atom stereocenters. The summed E-state index contributed by atoms with van der Waals surface area (Å²) in [5, 5.41) is 3.92. The minimum absolute atomic E-state index is 0.685. The Morgan fingerprint density at radius 2 is 2.36 bits per heavy atom. The summed E-state index contributed by atoms with van der Waals surface area (Å²) >= 11 is 10.0. The fourth-order valence-electron chi connectivity index (χ4n) is 1.32. The van der Waals surface area contributed by atoms with Gasteiger partial charge in [-0.25, -0.2) is 0 Å². The topological polar surface area (TPSA) is 9.23 Å². The molecular weight excluding hydrogens is 331 g/mol. The van der Waals surface area contributed by atoms with Crippen LogP contribution in [0.25, 0.3) is 10.1 Å². The summed E-state index contributed by atoms with van der Waals surface area (Å²) in [5.74, 6) is 0.961. The van der Waals surface area contributed by atoms with Crippen LogP contribution >= 0.6 is 45.5 Å². The molecule has 2 rings (SSSR count). The zero-order valence-corrected chi connectivity index (χ0v) is 11.2. The van der Waals surface area contributed by atoms with Gasteiger partial charge in [-0.1, -0.05) is 11.6 Å². The van der Waals surface area contributed by atoms with E-state index in [1.54, 1.807) is 11.3 Å². The molecule has 2 aromatic rings. The summed E-state index contributed by atoms with van der Waals surface area (Å²) in [6, 6.07) is 3.98. The highest BCUT2D eigenvalue weighted by molar-refractivity contribution is 14.1. The zero-order valence-electron chi connectivity index (χ0n) is 7.51. The van der Waals surface area contributed by atoms with Crippen LogP contribution in [0.15, 0.2) is 17.5 Å². The van der Waals surface area contributed by atoms with Gasteiger partial charge in [0.1, 0.15) is 5.75 Å². The number of hydrogen-bond acceptors (Lipinski definition) is 2. The molecule has 0 aliphatic carbocycles. The van der Waals surface area contributed by atoms with E-state index in [9.17, 15) is 0 Å². The minimum Gasteiger partial charge on any atom is -0.491 e. The predicted molar refractivity (Wildman–Crippen MR) is 70.7 cm³/mol. The third kappa shape index (κ3) is 1.73. The fraction of sp³-hybridized carbons (Fsp3) is 0.200. The Bertz CT molecular complexity index is 466. The van der Waals surface area contributed by atoms with Gasteiger partial charge in [0, 0.05) is 5.39 Å². The third-order valence-corrected chi connectivity index (χ3v) is 3.91. The van der Waals surface area contributed by atoms with Crippen molar-refractivity contribution in [3.05, 3.63) is 26.1 Å². The largest absolute Gasteiger partial charge is 0.491 e. The van der Waals surface area contributed by atoms with Crippen LogP contribution < -0.4 is 4.74 Å². The highest BCUT2D eigenvalue weighted by Crippen LogP contribution is 2.39. The molecule has 4 heteroatoms. The smallest absolute Gasteiger partial charge is 0.150 e. The van der Waals surface area contributed by atoms with Gasteiger partial charge in [0.15, 0.2) is 0 Å². The molecule has 0 N–H and O–H groups in total. The molecular formula is C10H8ClIOS. The molecule has 0 aliphatic heterocycles. The van der Waals surface area contributed by atoms with Gasteiger partial charge in [0.05, 0.1) is 19.9 Å². The Hall–Kier alpha value is -0.0000000000000000833. The maximum Gasteiger partial charge on any atom is 0.150 e. The van der Waals surface area contributed by atoms with Crippen molar-refractivity contribution in [2.24, 2.45) is 0 Å². The van der Waals surface area contributed by atoms with Crippen LogP contribution in [0.4, 0.5) is 0 Å². The normalized spacial score (nSPS) is 10.8. The van der Waals surface area contributed by atoms with E-state index in [-0.39, 0.29) is 0 Å². The van der Waals surface area contributed by atoms with Crippen molar-refractivity contribution in [2.45, 2.75) is 6.92 Å². The summed E-state index contributed by atoms with van der Waals surface area (Å²) in [6.07, 6.45) is 0. The zero-order chi connectivity index (χ0) is 10.1. The molecule has 0 atom stereocenters. The highest BCUT2D eigenvalue weighted by Gasteiger charge is 2.11. The van der Waals surface area contributed by atoms with Gasteiger partial charge < -0.3 is 4.74 Å². The Balaban J connectivity index is 2.73. The Morgan fingerprint density at radius 3 is 3.07 bits per heavy atom. The van der Waals surface area contributed by atoms with Crippen molar-refractivity contribution < 1.29 is 4.74 Å². The first kappa shape index (κ1) is 10.5. The lowest BCUT2D eigenvalue weighted by Gasteiger charge is -2.07. The number of hydrogen-bond donors (Lipinski definition) is 0. The first-order valence-electron chi connectivity index (χ1n) is 4.22. The van der Waals surface area contributed by atoms with Gasteiger partial charge in [-0.3, -0.25) is 0 Å². The SMILES string of the molecule is CCOc1c(I)cc(Cl)c2ccsc12. The van der Waals surface area contributed by atoms with Gasteiger partial charge in [0.2, 0.25) is 0 Å². The van der Waals surface area contributed by atoms with Crippen LogP contribution in [0.3, 0.4) is 0 Å². The Morgan fingerprint density at radius 1 is 1.57 bits per heavy atom. The summed E-state index contributed by atoms with van der Waals surface area (Å²) in [6.45, 7) is 2.68. The van der Waals surface area contributed by atoms with E-state index in [4.69, 9.17) is 16.3 Å². The minimum atomic E-state index is 0.685. The fourth-order valence-corrected chi connectivity index (χ4v) is 3.66. The van der Waals surface area contributed by atoms with Gasteiger partial charge in [-0.15, -0.1) is 11.3 Å². The summed E-state index contributed by atoms with van der Waals surface area (Å²) < 4.78 is 7.82. The standard InChI is InChI=1S/C10H8ClIOS/c1-2-13-9-8(12)5-7(11)6-3-4-14-10(6)9/h3-5H,2H2,1H3. The van der Waals surface area contributed by atoms with Crippen molar-refractivity contribution >= 4 is 55.6 Å². The molecule has 1 heterocycles. The molecule has 1 aromatic carbocycles. The molecule has 0 aliphatic rings. The maximum atomic E-state index is 6.12. The van der Waals surface area contributed by atoms with E-state index in [0.717, 1.165) is 24.4 Å². The van der Waals surface area contributed by atoms with Gasteiger partial charge in [-0.2, -0.15) is 0 Å². The highest BCUT2D eigenvalue weighted by atomic mass is 127. The second kappa shape index (κ2) is 4.24. The number of benzene rings is 1. The molecule has 0 spiro atoms. The van der Waals surface area contributed by atoms with Gasteiger partial charge >= 0.3 is 0 Å². The second-order valence-corrected chi connectivity index (χ2v) is 5.25. The molecule has 0 saturated carbocycles. The average molecular weight is 339 g/mol. The van der Waals surface area contributed by atoms with E-state index >= 15 is 0 Å². The van der Waals surface area contributed by atoms with Crippen molar-refractivity contribution in [1.82, 2.24) is 0 Å². The number of thiophene rings is 1. The molecule has 14 heavy (non-hydrogen) atoms. The lowest BCUT2D eigenvalue weighted by atomic mass is 10.2. The van der Waals surface area contributed by atoms with Crippen LogP contribution in [-0.4, -0.2) is 6.61 Å². The van der Waals surface area contributed by atoms with E-state index in [1.807, 2.05) is 24.4 Å². The number of rotatable bonds is 2. The molecule has 0 amide bonds. The molecule has 0 saturated heterocycles. The first-order valence-corrected chi connectivity index (χ1v) is 6.55. The van der Waals surface area contributed by atoms with Crippen LogP contribution in [0.1, 0.15) is 6.92 Å². The van der Waals surface area contributed by atoms with E-state index in [0.29, 0.717) is 6.61 Å². The number of halogens is 2. The van der Waals surface area contributed by atoms with Crippen LogP contribution in [0.2, 0.25) is 5.02 Å². The van der Waals surface area contributed by atoms with Gasteiger partial charge in [-0.05, 0) is 47.0 Å². The van der Waals surface area contributed by atoms with Crippen molar-refractivity contribution in [3.63, 3.8) is 0 Å². The molecule has 74 valence electrons. The Kier molecular flexibility index (Phi) is 3.19. The van der Waals surface area contributed by atoms with Gasteiger partial charge in [0.25, 0.3) is 0 Å². The summed E-state index contributed by atoms with van der Waals surface area (Å²) in [5.41, 5.74) is 0. The lowest BCUT2D eigenvalue weighted by molar-refractivity contribution is 0.342. The first-order chi connectivity index (χ1) is 6.74. The quantitative estimate of drug-likeness (QED) is 0.730. The van der Waals surface area contributed by atoms with Crippen LogP contribution in [0.5, 0.6) is 5.75 Å². The molecule has 0 bridgehead atoms. The van der Waals surface area contributed by atoms with Crippen molar-refractivity contribution in [3.8, 4) is 5.75 Å². The number of fused-ring (bicyclic) bond motifs is 1. The van der Waals surface area contributed by atoms with Crippen molar-refractivity contribution in [2.75, 3.05) is 6.61 Å². The van der Waals surface area contributed by atoms with Crippen LogP contribution in [-0.2, 0) is 0 Å². The van der Waals surface area contributed by atoms with E-state index in [2.05, 4.69) is 22.6 Å². The van der Waals surface area contributed by atoms with Crippen molar-refractivity contribution in [1.29, 1.82) is 0 Å². The molecule has 0 fully saturated rings. The Labute approximate surface area is 105 Å². The molecule has 1 nitrogen and oxygen atoms in total. The summed E-state index contributed by atoms with van der Waals surface area (Å²) in [4.78, 5) is 0. The average Bonchev–Trinajstić information content (AvgIpc) is 2.60. The molecule has 1 aromatic heterocycles. The van der Waals surface area contributed by atoms with E-state index in [1.165, 1.54) is 0 Å². The van der Waals surface area contributed by atoms with Crippen LogP contribution in [0, 0.1) is 3.57 Å². The summed E-state index contributed by atoms with van der Waals surface area (Å²) in [7, 11) is 0. The maximum absolute atomic E-state index is 6.12. The monoisotopic (exact) mass is 338 g/mol. The lowest BCUT2D eigenvalue weighted by Crippen LogP contribution is -1.94. The second-order valence-electron chi connectivity index (χ2n) is 2.77. The molecule has 0 radical (unpaired) electrons. The third-order valence-electron chi connectivity index (χ3n) is 1.89. The van der Waals surface area contributed by atoms with E-state index < -0.39 is 0 Å². The predicted octanol–water partition coefficient (Wildman–Crippen LogP) is 4.56. The number of ether oxygens (including phenoxy) is 1.